The van der Waals surface area contributed by atoms with Gasteiger partial charge in [0.05, 0.1) is 14.1 Å². The van der Waals surface area contributed by atoms with E-state index < -0.39 is 0 Å². The summed E-state index contributed by atoms with van der Waals surface area (Å²) in [6, 6.07) is 22.6. The van der Waals surface area contributed by atoms with Crippen molar-refractivity contribution >= 4 is 0 Å². The highest BCUT2D eigenvalue weighted by Crippen LogP contribution is 2.30. The van der Waals surface area contributed by atoms with Crippen LogP contribution in [0.25, 0.3) is 0 Å². The molecule has 2 aromatic rings. The van der Waals surface area contributed by atoms with Crippen molar-refractivity contribution in [1.29, 1.82) is 0 Å². The molecule has 0 aliphatic carbocycles. The molecule has 2 atom stereocenters. The number of nitrogens with zero attached hydrogens (tertiary/aromatic N) is 2. The Morgan fingerprint density at radius 1 is 0.750 bits per heavy atom. The third-order valence-electron chi connectivity index (χ3n) is 5.32. The zero-order chi connectivity index (χ0) is 17.1. The van der Waals surface area contributed by atoms with Crippen molar-refractivity contribution < 1.29 is 4.90 Å². The first-order chi connectivity index (χ1) is 11.6. The normalized spacial score (nSPS) is 19.7. The highest BCUT2D eigenvalue weighted by atomic mass is 15.5. The van der Waals surface area contributed by atoms with Gasteiger partial charge >= 0.3 is 0 Å². The number of benzene rings is 2. The van der Waals surface area contributed by atoms with E-state index in [-0.39, 0.29) is 0 Å². The fraction of sp³-hybridized carbons (Fsp3) is 0.429. The van der Waals surface area contributed by atoms with Crippen LogP contribution in [0.4, 0.5) is 0 Å². The molecule has 3 nitrogen and oxygen atoms in total. The van der Waals surface area contributed by atoms with Crippen LogP contribution in [0.3, 0.4) is 0 Å². The third kappa shape index (κ3) is 3.39. The van der Waals surface area contributed by atoms with Crippen LogP contribution >= 0.6 is 0 Å². The highest BCUT2D eigenvalue weighted by Gasteiger charge is 2.41. The molecule has 1 saturated heterocycles. The minimum Gasteiger partial charge on any atom is -0.311 e. The molecule has 1 aliphatic heterocycles. The van der Waals surface area contributed by atoms with Gasteiger partial charge in [0, 0.05) is 25.2 Å². The van der Waals surface area contributed by atoms with Crippen LogP contribution in [0.15, 0.2) is 60.7 Å². The minimum absolute atomic E-state index is 0.399. The lowest BCUT2D eigenvalue weighted by Crippen LogP contribution is -3.13. The Balaban J connectivity index is 1.83. The van der Waals surface area contributed by atoms with Crippen LogP contribution < -0.4 is 4.90 Å². The SMILES string of the molecule is C[C@@H](c1ccccc1)N1CCN([C@@H](C)c2ccccc2)C1[NH+](C)C. The predicted octanol–water partition coefficient (Wildman–Crippen LogP) is 2.55. The van der Waals surface area contributed by atoms with Crippen LogP contribution in [0.2, 0.25) is 0 Å². The molecule has 3 rings (SSSR count). The first-order valence-corrected chi connectivity index (χ1v) is 9.01. The molecule has 0 radical (unpaired) electrons. The van der Waals surface area contributed by atoms with Gasteiger partial charge in [-0.1, -0.05) is 60.7 Å². The lowest BCUT2D eigenvalue weighted by atomic mass is 10.1. The lowest BCUT2D eigenvalue weighted by Gasteiger charge is -2.37. The second-order valence-corrected chi connectivity index (χ2v) is 7.10. The molecular weight excluding hydrogens is 294 g/mol. The Morgan fingerprint density at radius 3 is 1.46 bits per heavy atom. The average Bonchev–Trinajstić information content (AvgIpc) is 3.07. The van der Waals surface area contributed by atoms with E-state index in [0.717, 1.165) is 13.1 Å². The molecule has 0 unspecified atom stereocenters. The number of rotatable bonds is 5. The average molecular weight is 324 g/mol. The zero-order valence-electron chi connectivity index (χ0n) is 15.3. The monoisotopic (exact) mass is 324 g/mol. The smallest absolute Gasteiger partial charge is 0.204 e. The molecule has 1 fully saturated rings. The largest absolute Gasteiger partial charge is 0.311 e. The summed E-state index contributed by atoms with van der Waals surface area (Å²) < 4.78 is 0. The fourth-order valence-electron chi connectivity index (χ4n) is 3.99. The van der Waals surface area contributed by atoms with Gasteiger partial charge in [0.15, 0.2) is 0 Å². The van der Waals surface area contributed by atoms with E-state index in [0.29, 0.717) is 18.4 Å². The van der Waals surface area contributed by atoms with E-state index in [1.165, 1.54) is 16.0 Å². The Kier molecular flexibility index (Phi) is 5.34. The number of hydrogen-bond acceptors (Lipinski definition) is 2. The van der Waals surface area contributed by atoms with E-state index >= 15 is 0 Å². The second kappa shape index (κ2) is 7.47. The summed E-state index contributed by atoms with van der Waals surface area (Å²) in [7, 11) is 4.54. The summed E-state index contributed by atoms with van der Waals surface area (Å²) in [5.41, 5.74) is 2.80. The minimum atomic E-state index is 0.399. The van der Waals surface area contributed by atoms with E-state index in [4.69, 9.17) is 0 Å². The van der Waals surface area contributed by atoms with Gasteiger partial charge in [-0.25, -0.2) is 9.80 Å². The molecule has 24 heavy (non-hydrogen) atoms. The van der Waals surface area contributed by atoms with Gasteiger partial charge in [0.2, 0.25) is 6.29 Å². The van der Waals surface area contributed by atoms with Gasteiger partial charge in [0.25, 0.3) is 0 Å². The van der Waals surface area contributed by atoms with Crippen LogP contribution in [-0.4, -0.2) is 43.3 Å². The van der Waals surface area contributed by atoms with Crippen molar-refractivity contribution in [3.8, 4) is 0 Å². The standard InChI is InChI=1S/C21H29N3/c1-17(19-11-7-5-8-12-19)23-15-16-24(21(23)22(3)4)18(2)20-13-9-6-10-14-20/h5-14,17-18,21H,15-16H2,1-4H3/p+1/t17-,18-/m0/s1. The molecule has 0 aromatic heterocycles. The van der Waals surface area contributed by atoms with Gasteiger partial charge in [0.1, 0.15) is 0 Å². The van der Waals surface area contributed by atoms with Crippen LogP contribution in [0.1, 0.15) is 37.1 Å². The van der Waals surface area contributed by atoms with Gasteiger partial charge in [-0.05, 0) is 25.0 Å². The molecule has 1 N–H and O–H groups in total. The van der Waals surface area contributed by atoms with Gasteiger partial charge in [-0.3, -0.25) is 0 Å². The molecule has 128 valence electrons. The molecule has 2 aromatic carbocycles. The summed E-state index contributed by atoms with van der Waals surface area (Å²) in [5, 5.41) is 0. The van der Waals surface area contributed by atoms with Crippen molar-refractivity contribution in [1.82, 2.24) is 9.80 Å². The van der Waals surface area contributed by atoms with Crippen LogP contribution in [0.5, 0.6) is 0 Å². The molecule has 0 spiro atoms. The van der Waals surface area contributed by atoms with E-state index in [9.17, 15) is 0 Å². The predicted molar refractivity (Wildman–Crippen MR) is 99.7 cm³/mol. The third-order valence-corrected chi connectivity index (χ3v) is 5.32. The van der Waals surface area contributed by atoms with Crippen molar-refractivity contribution in [3.63, 3.8) is 0 Å². The van der Waals surface area contributed by atoms with Gasteiger partial charge in [-0.15, -0.1) is 0 Å². The molecule has 0 amide bonds. The fourth-order valence-corrected chi connectivity index (χ4v) is 3.99. The maximum atomic E-state index is 2.64. The summed E-state index contributed by atoms with van der Waals surface area (Å²) >= 11 is 0. The molecule has 1 aliphatic rings. The summed E-state index contributed by atoms with van der Waals surface area (Å²) in [6.07, 6.45) is 0.399. The quantitative estimate of drug-likeness (QED) is 0.906. The topological polar surface area (TPSA) is 10.9 Å². The van der Waals surface area contributed by atoms with Crippen LogP contribution in [0, 0.1) is 0 Å². The van der Waals surface area contributed by atoms with Crippen molar-refractivity contribution in [2.75, 3.05) is 27.2 Å². The van der Waals surface area contributed by atoms with E-state index in [2.05, 4.69) is 98.4 Å². The van der Waals surface area contributed by atoms with Gasteiger partial charge < -0.3 is 4.90 Å². The first kappa shape index (κ1) is 17.2. The number of nitrogens with one attached hydrogen (secondary N) is 1. The molecule has 3 heteroatoms. The second-order valence-electron chi connectivity index (χ2n) is 7.10. The first-order valence-electron chi connectivity index (χ1n) is 9.01. The maximum Gasteiger partial charge on any atom is 0.204 e. The van der Waals surface area contributed by atoms with E-state index in [1.807, 2.05) is 0 Å². The van der Waals surface area contributed by atoms with Crippen molar-refractivity contribution in [2.24, 2.45) is 0 Å². The summed E-state index contributed by atoms with van der Waals surface area (Å²) in [5.74, 6) is 0. The molecular formula is C21H30N3+. The Labute approximate surface area is 146 Å². The maximum absolute atomic E-state index is 2.64. The Morgan fingerprint density at radius 2 is 1.12 bits per heavy atom. The number of hydrogen-bond donors (Lipinski definition) is 1. The highest BCUT2D eigenvalue weighted by molar-refractivity contribution is 5.20. The molecule has 0 saturated carbocycles. The van der Waals surface area contributed by atoms with E-state index in [1.54, 1.807) is 0 Å². The van der Waals surface area contributed by atoms with Crippen molar-refractivity contribution in [3.05, 3.63) is 71.8 Å². The molecule has 1 heterocycles. The van der Waals surface area contributed by atoms with Gasteiger partial charge in [-0.2, -0.15) is 0 Å². The zero-order valence-corrected chi connectivity index (χ0v) is 15.3. The number of quaternary nitrogens is 1. The lowest BCUT2D eigenvalue weighted by molar-refractivity contribution is -0.911. The van der Waals surface area contributed by atoms with Crippen molar-refractivity contribution in [2.45, 2.75) is 32.2 Å². The summed E-state index contributed by atoms with van der Waals surface area (Å²) in [6.45, 7) is 6.90. The molecule has 0 bridgehead atoms. The Hall–Kier alpha value is -1.68. The summed E-state index contributed by atoms with van der Waals surface area (Å²) in [4.78, 5) is 6.76. The van der Waals surface area contributed by atoms with Crippen LogP contribution in [-0.2, 0) is 0 Å². The Bertz CT molecular complexity index is 573.